The zero-order chi connectivity index (χ0) is 17.0. The van der Waals surface area contributed by atoms with Crippen LogP contribution in [0, 0.1) is 0 Å². The number of hydrogen-bond donors (Lipinski definition) is 1. The van der Waals surface area contributed by atoms with E-state index in [1.165, 1.54) is 12.6 Å². The fraction of sp³-hybridized carbons (Fsp3) is 1.00. The van der Waals surface area contributed by atoms with E-state index in [0.29, 0.717) is 0 Å². The highest BCUT2D eigenvalue weighted by molar-refractivity contribution is 7.81. The van der Waals surface area contributed by atoms with Gasteiger partial charge in [0.25, 0.3) is 0 Å². The molecular formula is C6H6F18S. The van der Waals surface area contributed by atoms with Crippen LogP contribution in [0.4, 0.5) is 80.6 Å². The molecule has 162 valence electrons. The standard InChI is InChI=1S/C6HF13S.5FH/c7-1(8,3(11,12)5(15,16)17)2(9,10)4(13,14)6(18,19)20;;;;;/h20H;5*1H. The Kier molecular flexibility index (Phi) is 14.4. The number of alkyl halides is 13. The molecule has 0 amide bonds. The zero-order valence-electron chi connectivity index (χ0n) is 10.4. The molecule has 0 saturated heterocycles. The van der Waals surface area contributed by atoms with Gasteiger partial charge in [-0.2, -0.15) is 57.1 Å². The topological polar surface area (TPSA) is 0 Å². The van der Waals surface area contributed by atoms with Gasteiger partial charge in [0, 0.05) is 0 Å². The minimum atomic E-state index is -7.85. The van der Waals surface area contributed by atoms with Gasteiger partial charge in [-0.3, -0.25) is 23.5 Å². The first-order valence-electron chi connectivity index (χ1n) is 3.93. The molecule has 0 aromatic carbocycles. The first-order valence-corrected chi connectivity index (χ1v) is 4.38. The maximum absolute atomic E-state index is 12.5. The highest BCUT2D eigenvalue weighted by atomic mass is 32.1. The second kappa shape index (κ2) is 9.15. The monoisotopic (exact) mass is 452 g/mol. The van der Waals surface area contributed by atoms with Crippen molar-refractivity contribution in [2.75, 3.05) is 0 Å². The van der Waals surface area contributed by atoms with Crippen LogP contribution in [0.5, 0.6) is 0 Å². The SMILES string of the molecule is F.F.F.F.F.FC(F)(F)C(F)(F)C(F)(F)C(F)(F)C(F)(F)C(F)(F)S. The van der Waals surface area contributed by atoms with Crippen LogP contribution in [0.15, 0.2) is 0 Å². The Bertz CT molecular complexity index is 327. The molecule has 0 N–H and O–H groups in total. The predicted octanol–water partition coefficient (Wildman–Crippen LogP) is 5.38. The quantitative estimate of drug-likeness (QED) is 0.430. The predicted molar refractivity (Wildman–Crippen MR) is 52.3 cm³/mol. The Morgan fingerprint density at radius 1 is 0.360 bits per heavy atom. The van der Waals surface area contributed by atoms with E-state index in [1.807, 2.05) is 0 Å². The molecule has 0 aliphatic carbocycles. The van der Waals surface area contributed by atoms with Crippen molar-refractivity contribution in [3.8, 4) is 0 Å². The molecule has 0 aromatic rings. The van der Waals surface area contributed by atoms with E-state index < -0.39 is 35.1 Å². The molecule has 0 atom stereocenters. The van der Waals surface area contributed by atoms with Gasteiger partial charge in [0.1, 0.15) is 0 Å². The fourth-order valence-electron chi connectivity index (χ4n) is 0.761. The largest absolute Gasteiger partial charge is 0.460 e. The molecule has 0 heterocycles. The molecule has 0 radical (unpaired) electrons. The Hall–Kier alpha value is -0.910. The van der Waals surface area contributed by atoms with E-state index in [0.717, 1.165) is 0 Å². The molecule has 0 bridgehead atoms. The lowest BCUT2D eigenvalue weighted by Gasteiger charge is -2.38. The molecule has 0 aliphatic heterocycles. The van der Waals surface area contributed by atoms with Crippen molar-refractivity contribution in [1.82, 2.24) is 0 Å². The summed E-state index contributed by atoms with van der Waals surface area (Å²) >= 11 is 1.51. The Morgan fingerprint density at radius 3 is 0.720 bits per heavy atom. The van der Waals surface area contributed by atoms with Gasteiger partial charge in [-0.1, -0.05) is 12.6 Å². The third-order valence-electron chi connectivity index (χ3n) is 1.92. The summed E-state index contributed by atoms with van der Waals surface area (Å²) in [7, 11) is 0. The highest BCUT2D eigenvalue weighted by Crippen LogP contribution is 2.60. The lowest BCUT2D eigenvalue weighted by molar-refractivity contribution is -0.432. The number of thiol groups is 1. The van der Waals surface area contributed by atoms with Crippen molar-refractivity contribution in [3.63, 3.8) is 0 Å². The van der Waals surface area contributed by atoms with Gasteiger partial charge in [0.15, 0.2) is 0 Å². The van der Waals surface area contributed by atoms with Crippen molar-refractivity contribution in [2.45, 2.75) is 35.1 Å². The van der Waals surface area contributed by atoms with Crippen LogP contribution in [0.2, 0.25) is 0 Å². The molecule has 0 aliphatic rings. The van der Waals surface area contributed by atoms with Crippen LogP contribution in [-0.4, -0.2) is 35.1 Å². The summed E-state index contributed by atoms with van der Waals surface area (Å²) in [5.74, 6) is -30.6. The summed E-state index contributed by atoms with van der Waals surface area (Å²) in [4.78, 5) is 0. The number of rotatable bonds is 4. The fourth-order valence-corrected chi connectivity index (χ4v) is 0.902. The van der Waals surface area contributed by atoms with Gasteiger partial charge in [0.2, 0.25) is 0 Å². The maximum atomic E-state index is 12.5. The van der Waals surface area contributed by atoms with E-state index in [-0.39, 0.29) is 23.5 Å². The second-order valence-corrected chi connectivity index (χ2v) is 3.90. The summed E-state index contributed by atoms with van der Waals surface area (Å²) in [6, 6.07) is 0. The van der Waals surface area contributed by atoms with E-state index in [9.17, 15) is 57.1 Å². The van der Waals surface area contributed by atoms with Crippen molar-refractivity contribution >= 4 is 12.6 Å². The number of hydrogen-bond acceptors (Lipinski definition) is 1. The molecule has 0 nitrogen and oxygen atoms in total. The van der Waals surface area contributed by atoms with Crippen molar-refractivity contribution in [1.29, 1.82) is 0 Å². The molecule has 0 aromatic heterocycles. The normalized spacial score (nSPS) is 13.2. The molecule has 0 rings (SSSR count). The van der Waals surface area contributed by atoms with Gasteiger partial charge in [-0.15, -0.1) is 0 Å². The summed E-state index contributed by atoms with van der Waals surface area (Å²) < 4.78 is 157. The Labute approximate surface area is 130 Å². The van der Waals surface area contributed by atoms with Crippen LogP contribution in [0.1, 0.15) is 0 Å². The average Bonchev–Trinajstić information content (AvgIpc) is 2.12. The van der Waals surface area contributed by atoms with Crippen LogP contribution < -0.4 is 0 Å². The van der Waals surface area contributed by atoms with Crippen molar-refractivity contribution in [3.05, 3.63) is 0 Å². The molecule has 0 spiro atoms. The molecule has 0 saturated carbocycles. The van der Waals surface area contributed by atoms with Crippen molar-refractivity contribution < 1.29 is 80.6 Å². The van der Waals surface area contributed by atoms with E-state index in [4.69, 9.17) is 0 Å². The third-order valence-corrected chi connectivity index (χ3v) is 2.20. The highest BCUT2D eigenvalue weighted by Gasteiger charge is 2.90. The minimum absolute atomic E-state index is 0. The third kappa shape index (κ3) is 5.28. The van der Waals surface area contributed by atoms with Crippen molar-refractivity contribution in [2.24, 2.45) is 0 Å². The zero-order valence-corrected chi connectivity index (χ0v) is 11.3. The van der Waals surface area contributed by atoms with E-state index >= 15 is 0 Å². The van der Waals surface area contributed by atoms with Gasteiger partial charge in [0.05, 0.1) is 0 Å². The van der Waals surface area contributed by atoms with Crippen LogP contribution in [0.25, 0.3) is 0 Å². The molecule has 0 fully saturated rings. The summed E-state index contributed by atoms with van der Waals surface area (Å²) in [5.41, 5.74) is 0. The smallest absolute Gasteiger partial charge is 0.269 e. The lowest BCUT2D eigenvalue weighted by Crippen LogP contribution is -2.69. The van der Waals surface area contributed by atoms with Gasteiger partial charge >= 0.3 is 35.1 Å². The van der Waals surface area contributed by atoms with Crippen LogP contribution in [-0.2, 0) is 0 Å². The summed E-state index contributed by atoms with van der Waals surface area (Å²) in [6.07, 6.45) is -7.39. The van der Waals surface area contributed by atoms with E-state index in [1.54, 1.807) is 0 Å². The average molecular weight is 452 g/mol. The first kappa shape index (κ1) is 39.2. The van der Waals surface area contributed by atoms with Crippen LogP contribution >= 0.6 is 12.6 Å². The first-order chi connectivity index (χ1) is 8.25. The summed E-state index contributed by atoms with van der Waals surface area (Å²) in [5, 5.41) is -6.29. The number of halogens is 18. The molecule has 19 heteroatoms. The Balaban J connectivity index is -0.000000180. The minimum Gasteiger partial charge on any atom is -0.269 e. The molecule has 25 heavy (non-hydrogen) atoms. The van der Waals surface area contributed by atoms with Gasteiger partial charge in [-0.05, 0) is 0 Å². The summed E-state index contributed by atoms with van der Waals surface area (Å²) in [6.45, 7) is 0. The van der Waals surface area contributed by atoms with Gasteiger partial charge in [-0.25, -0.2) is 0 Å². The van der Waals surface area contributed by atoms with Crippen LogP contribution in [0.3, 0.4) is 0 Å². The molecular weight excluding hydrogens is 446 g/mol. The van der Waals surface area contributed by atoms with E-state index in [2.05, 4.69) is 0 Å². The maximum Gasteiger partial charge on any atom is 0.460 e. The lowest BCUT2D eigenvalue weighted by atomic mass is 9.98. The molecule has 0 unspecified atom stereocenters. The Morgan fingerprint density at radius 2 is 0.560 bits per heavy atom. The second-order valence-electron chi connectivity index (χ2n) is 3.34. The van der Waals surface area contributed by atoms with Gasteiger partial charge < -0.3 is 0 Å².